The van der Waals surface area contributed by atoms with Gasteiger partial charge in [0.15, 0.2) is 0 Å². The van der Waals surface area contributed by atoms with E-state index in [1.807, 2.05) is 12.2 Å². The average molecular weight is 816 g/mol. The van der Waals surface area contributed by atoms with Crippen LogP contribution < -0.4 is 5.32 Å². The largest absolute Gasteiger partial charge is 0.466 e. The fraction of sp³-hybridized carbons (Fsp3) is 0.846. The minimum atomic E-state index is -0.876. The summed E-state index contributed by atoms with van der Waals surface area (Å²) in [6, 6.07) is -0.669. The van der Waals surface area contributed by atoms with Crippen molar-refractivity contribution in [1.82, 2.24) is 5.32 Å². The summed E-state index contributed by atoms with van der Waals surface area (Å²) in [6.07, 6.45) is 57.4. The van der Waals surface area contributed by atoms with Gasteiger partial charge in [0.25, 0.3) is 0 Å². The van der Waals surface area contributed by atoms with Gasteiger partial charge in [0.05, 0.1) is 25.4 Å². The number of ether oxygens (including phenoxy) is 1. The molecule has 0 saturated carbocycles. The number of rotatable bonds is 46. The molecule has 0 aromatic carbocycles. The van der Waals surface area contributed by atoms with Crippen LogP contribution in [0.3, 0.4) is 0 Å². The van der Waals surface area contributed by atoms with Gasteiger partial charge in [-0.3, -0.25) is 9.59 Å². The molecule has 2 atom stereocenters. The zero-order valence-electron chi connectivity index (χ0n) is 38.5. The molecule has 0 spiro atoms. The molecule has 3 N–H and O–H groups in total. The van der Waals surface area contributed by atoms with E-state index in [9.17, 15) is 19.8 Å². The normalized spacial score (nSPS) is 13.0. The van der Waals surface area contributed by atoms with Crippen molar-refractivity contribution in [3.05, 3.63) is 36.5 Å². The third-order valence-electron chi connectivity index (χ3n) is 11.4. The van der Waals surface area contributed by atoms with Crippen LogP contribution in [0.4, 0.5) is 0 Å². The van der Waals surface area contributed by atoms with Crippen molar-refractivity contribution in [2.24, 2.45) is 0 Å². The molecule has 0 fully saturated rings. The number of amides is 1. The Balaban J connectivity index is 3.50. The maximum Gasteiger partial charge on any atom is 0.305 e. The fourth-order valence-corrected chi connectivity index (χ4v) is 7.51. The van der Waals surface area contributed by atoms with Crippen molar-refractivity contribution < 1.29 is 24.5 Å². The highest BCUT2D eigenvalue weighted by Crippen LogP contribution is 2.16. The average Bonchev–Trinajstić information content (AvgIpc) is 3.22. The number of carbonyl (C=O) groups is 2. The molecule has 6 nitrogen and oxygen atoms in total. The van der Waals surface area contributed by atoms with E-state index in [0.29, 0.717) is 25.9 Å². The molecule has 0 aromatic heterocycles. The highest BCUT2D eigenvalue weighted by atomic mass is 16.5. The maximum atomic E-state index is 12.3. The number of carbonyl (C=O) groups excluding carboxylic acids is 2. The second kappa shape index (κ2) is 47.8. The van der Waals surface area contributed by atoms with Crippen LogP contribution >= 0.6 is 0 Å². The highest BCUT2D eigenvalue weighted by Gasteiger charge is 2.17. The van der Waals surface area contributed by atoms with E-state index in [0.717, 1.165) is 51.4 Å². The van der Waals surface area contributed by atoms with Crippen molar-refractivity contribution in [2.45, 2.75) is 270 Å². The number of hydrogen-bond acceptors (Lipinski definition) is 5. The number of hydrogen-bond donors (Lipinski definition) is 3. The summed E-state index contributed by atoms with van der Waals surface area (Å²) in [4.78, 5) is 24.4. The van der Waals surface area contributed by atoms with Gasteiger partial charge in [0.1, 0.15) is 0 Å². The molecule has 0 saturated heterocycles. The minimum absolute atomic E-state index is 0.0149. The molecule has 0 radical (unpaired) electrons. The first kappa shape index (κ1) is 56.1. The molecule has 340 valence electrons. The van der Waals surface area contributed by atoms with Crippen LogP contribution in [0.25, 0.3) is 0 Å². The number of aliphatic hydroxyl groups excluding tert-OH is 2. The second-order valence-corrected chi connectivity index (χ2v) is 17.1. The van der Waals surface area contributed by atoms with Crippen LogP contribution in [-0.4, -0.2) is 47.4 Å². The Morgan fingerprint density at radius 2 is 0.879 bits per heavy atom. The summed E-state index contributed by atoms with van der Waals surface area (Å²) in [5.41, 5.74) is 0. The van der Waals surface area contributed by atoms with Gasteiger partial charge in [0.2, 0.25) is 5.91 Å². The van der Waals surface area contributed by atoms with Gasteiger partial charge in [-0.05, 0) is 51.4 Å². The van der Waals surface area contributed by atoms with Crippen LogP contribution in [-0.2, 0) is 14.3 Å². The SMILES string of the molecule is CCCCCCCCC/C=C/C(O)C(CO)NC(=O)CC/C=C\C/C=C\CCCCCCCCOC(=O)CCCCCCCCCCCCCCCCCCCCC. The van der Waals surface area contributed by atoms with E-state index < -0.39 is 12.1 Å². The summed E-state index contributed by atoms with van der Waals surface area (Å²) in [7, 11) is 0. The Bertz CT molecular complexity index is 946. The number of aliphatic hydroxyl groups is 2. The summed E-state index contributed by atoms with van der Waals surface area (Å²) < 4.78 is 5.46. The van der Waals surface area contributed by atoms with Crippen LogP contribution in [0, 0.1) is 0 Å². The predicted octanol–water partition coefficient (Wildman–Crippen LogP) is 14.9. The fourth-order valence-electron chi connectivity index (χ4n) is 7.51. The number of allylic oxidation sites excluding steroid dienone is 5. The number of esters is 1. The van der Waals surface area contributed by atoms with Gasteiger partial charge in [-0.1, -0.05) is 230 Å². The van der Waals surface area contributed by atoms with Crippen LogP contribution in [0.15, 0.2) is 36.5 Å². The van der Waals surface area contributed by atoms with E-state index in [1.54, 1.807) is 6.08 Å². The topological polar surface area (TPSA) is 95.9 Å². The third-order valence-corrected chi connectivity index (χ3v) is 11.4. The first-order valence-electron chi connectivity index (χ1n) is 25.3. The number of unbranched alkanes of at least 4 members (excludes halogenated alkanes) is 31. The van der Waals surface area contributed by atoms with Crippen LogP contribution in [0.1, 0.15) is 258 Å². The smallest absolute Gasteiger partial charge is 0.305 e. The summed E-state index contributed by atoms with van der Waals surface area (Å²) in [6.45, 7) is 4.81. The summed E-state index contributed by atoms with van der Waals surface area (Å²) >= 11 is 0. The molecular weight excluding hydrogens is 719 g/mol. The Morgan fingerprint density at radius 1 is 0.483 bits per heavy atom. The number of nitrogens with one attached hydrogen (secondary N) is 1. The molecule has 0 aliphatic rings. The molecule has 0 aliphatic carbocycles. The van der Waals surface area contributed by atoms with E-state index in [1.165, 1.54) is 173 Å². The van der Waals surface area contributed by atoms with Crippen molar-refractivity contribution in [1.29, 1.82) is 0 Å². The van der Waals surface area contributed by atoms with Gasteiger partial charge in [-0.15, -0.1) is 0 Å². The van der Waals surface area contributed by atoms with Crippen molar-refractivity contribution >= 4 is 11.9 Å². The van der Waals surface area contributed by atoms with Gasteiger partial charge >= 0.3 is 5.97 Å². The first-order valence-corrected chi connectivity index (χ1v) is 25.3. The molecule has 58 heavy (non-hydrogen) atoms. The quantitative estimate of drug-likeness (QED) is 0.0323. The maximum absolute atomic E-state index is 12.3. The van der Waals surface area contributed by atoms with Gasteiger partial charge in [0, 0.05) is 12.8 Å². The zero-order valence-corrected chi connectivity index (χ0v) is 38.5. The van der Waals surface area contributed by atoms with Gasteiger partial charge in [-0.2, -0.15) is 0 Å². The lowest BCUT2D eigenvalue weighted by molar-refractivity contribution is -0.143. The highest BCUT2D eigenvalue weighted by molar-refractivity contribution is 5.76. The Labute approximate surface area is 360 Å². The van der Waals surface area contributed by atoms with Crippen molar-refractivity contribution in [3.8, 4) is 0 Å². The van der Waals surface area contributed by atoms with Crippen LogP contribution in [0.5, 0.6) is 0 Å². The molecule has 1 amide bonds. The van der Waals surface area contributed by atoms with Gasteiger partial charge < -0.3 is 20.3 Å². The Morgan fingerprint density at radius 3 is 1.34 bits per heavy atom. The Kier molecular flexibility index (Phi) is 46.2. The zero-order chi connectivity index (χ0) is 42.3. The van der Waals surface area contributed by atoms with Crippen LogP contribution in [0.2, 0.25) is 0 Å². The Hall–Kier alpha value is -1.92. The molecule has 0 heterocycles. The summed E-state index contributed by atoms with van der Waals surface area (Å²) in [5, 5.41) is 22.8. The van der Waals surface area contributed by atoms with E-state index in [-0.39, 0.29) is 18.5 Å². The molecular formula is C52H97NO5. The van der Waals surface area contributed by atoms with E-state index in [2.05, 4.69) is 37.4 Å². The standard InChI is InChI=1S/C52H97NO5/c1-3-5-7-9-11-13-14-15-16-17-18-19-20-23-26-30-34-38-42-46-52(57)58-47-43-39-35-31-27-24-21-22-25-29-33-37-41-45-51(56)53-49(48-54)50(55)44-40-36-32-28-12-10-8-6-4-2/h22,25,33,37,40,44,49-50,54-55H,3-21,23-24,26-32,34-36,38-39,41-43,45-48H2,1-2H3,(H,53,56)/b25-22-,37-33-,44-40+. The molecule has 0 aliphatic heterocycles. The molecule has 6 heteroatoms. The van der Waals surface area contributed by atoms with Gasteiger partial charge in [-0.25, -0.2) is 0 Å². The lowest BCUT2D eigenvalue weighted by atomic mass is 10.0. The predicted molar refractivity (Wildman–Crippen MR) is 250 cm³/mol. The molecule has 0 aromatic rings. The second-order valence-electron chi connectivity index (χ2n) is 17.1. The molecule has 0 rings (SSSR count). The molecule has 2 unspecified atom stereocenters. The minimum Gasteiger partial charge on any atom is -0.466 e. The monoisotopic (exact) mass is 816 g/mol. The van der Waals surface area contributed by atoms with Crippen molar-refractivity contribution in [3.63, 3.8) is 0 Å². The lowest BCUT2D eigenvalue weighted by Gasteiger charge is -2.19. The molecule has 0 bridgehead atoms. The van der Waals surface area contributed by atoms with E-state index in [4.69, 9.17) is 4.74 Å². The van der Waals surface area contributed by atoms with Crippen molar-refractivity contribution in [2.75, 3.05) is 13.2 Å². The first-order chi connectivity index (χ1) is 28.5. The van der Waals surface area contributed by atoms with E-state index >= 15 is 0 Å². The third kappa shape index (κ3) is 43.7. The lowest BCUT2D eigenvalue weighted by Crippen LogP contribution is -2.45. The summed E-state index contributed by atoms with van der Waals surface area (Å²) in [5.74, 6) is -0.167.